The lowest BCUT2D eigenvalue weighted by atomic mass is 9.89. The lowest BCUT2D eigenvalue weighted by molar-refractivity contribution is 0.0811. The van der Waals surface area contributed by atoms with Gasteiger partial charge >= 0.3 is 0 Å². The Balaban J connectivity index is 1.64. The largest absolute Gasteiger partial charge is 0.494 e. The van der Waals surface area contributed by atoms with Gasteiger partial charge in [-0.25, -0.2) is 4.39 Å². The molecule has 0 saturated carbocycles. The van der Waals surface area contributed by atoms with Crippen LogP contribution in [0.2, 0.25) is 0 Å². The van der Waals surface area contributed by atoms with Gasteiger partial charge in [0.2, 0.25) is 0 Å². The van der Waals surface area contributed by atoms with Crippen LogP contribution in [0, 0.1) is 11.7 Å². The van der Waals surface area contributed by atoms with Gasteiger partial charge in [0.1, 0.15) is 12.4 Å². The number of aliphatic hydroxyl groups is 1. The predicted molar refractivity (Wildman–Crippen MR) is 104 cm³/mol. The molecular formula is C22H26FNO4. The van der Waals surface area contributed by atoms with E-state index in [-0.39, 0.29) is 30.7 Å². The minimum Gasteiger partial charge on any atom is -0.494 e. The number of hydrogen-bond acceptors (Lipinski definition) is 5. The molecule has 28 heavy (non-hydrogen) atoms. The molecule has 1 fully saturated rings. The summed E-state index contributed by atoms with van der Waals surface area (Å²) in [4.78, 5) is 15.1. The summed E-state index contributed by atoms with van der Waals surface area (Å²) in [5.74, 6) is 0.192. The van der Waals surface area contributed by atoms with E-state index in [1.54, 1.807) is 6.07 Å². The quantitative estimate of drug-likeness (QED) is 0.705. The van der Waals surface area contributed by atoms with Crippen molar-refractivity contribution < 1.29 is 23.8 Å². The van der Waals surface area contributed by atoms with Crippen molar-refractivity contribution in [3.05, 3.63) is 59.4 Å². The number of Topliss-reactive ketones (excluding diaryl/α,β-unsaturated/α-hetero) is 1. The Hall–Kier alpha value is -2.44. The van der Waals surface area contributed by atoms with E-state index < -0.39 is 5.82 Å². The number of likely N-dealkylation sites (tertiary alicyclic amines) is 1. The third-order valence-corrected chi connectivity index (χ3v) is 4.98. The number of benzene rings is 2. The third kappa shape index (κ3) is 5.09. The van der Waals surface area contributed by atoms with Gasteiger partial charge in [-0.05, 0) is 55.3 Å². The molecule has 2 aromatic carbocycles. The van der Waals surface area contributed by atoms with Crippen LogP contribution in [-0.4, -0.2) is 49.2 Å². The highest BCUT2D eigenvalue weighted by Crippen LogP contribution is 2.25. The molecule has 2 aromatic rings. The summed E-state index contributed by atoms with van der Waals surface area (Å²) >= 11 is 0. The van der Waals surface area contributed by atoms with Crippen LogP contribution < -0.4 is 9.47 Å². The Morgan fingerprint density at radius 2 is 2.14 bits per heavy atom. The average Bonchev–Trinajstić information content (AvgIpc) is 2.72. The molecule has 1 heterocycles. The molecule has 0 unspecified atom stereocenters. The molecule has 150 valence electrons. The fourth-order valence-electron chi connectivity index (χ4n) is 3.62. The molecule has 1 aliphatic heterocycles. The maximum absolute atomic E-state index is 14.0. The van der Waals surface area contributed by atoms with Gasteiger partial charge in [0, 0.05) is 24.6 Å². The van der Waals surface area contributed by atoms with Crippen molar-refractivity contribution >= 4 is 5.78 Å². The molecule has 1 atom stereocenters. The average molecular weight is 387 g/mol. The number of halogens is 1. The van der Waals surface area contributed by atoms with Crippen molar-refractivity contribution in [3.8, 4) is 11.5 Å². The standard InChI is InChI=1S/C22H26FNO4/c1-27-21-8-7-17(13-20(21)23)22(26)18-5-3-9-24(15-18)14-16-4-2-6-19(12-16)28-11-10-25/h2,4,6-8,12-13,18,25H,3,5,9-11,14-15H2,1H3/t18-/m1/s1. The van der Waals surface area contributed by atoms with Crippen molar-refractivity contribution in [2.45, 2.75) is 19.4 Å². The molecule has 6 heteroatoms. The van der Waals surface area contributed by atoms with Crippen molar-refractivity contribution in [1.82, 2.24) is 4.90 Å². The lowest BCUT2D eigenvalue weighted by Gasteiger charge is -2.32. The smallest absolute Gasteiger partial charge is 0.167 e. The van der Waals surface area contributed by atoms with Gasteiger partial charge in [-0.1, -0.05) is 12.1 Å². The lowest BCUT2D eigenvalue weighted by Crippen LogP contribution is -2.38. The minimum absolute atomic E-state index is 0.0217. The van der Waals surface area contributed by atoms with Gasteiger partial charge in [-0.2, -0.15) is 0 Å². The van der Waals surface area contributed by atoms with Crippen molar-refractivity contribution in [2.24, 2.45) is 5.92 Å². The fraction of sp³-hybridized carbons (Fsp3) is 0.409. The molecule has 1 aliphatic rings. The molecule has 0 bridgehead atoms. The highest BCUT2D eigenvalue weighted by Gasteiger charge is 2.27. The first-order valence-corrected chi connectivity index (χ1v) is 9.53. The fourth-order valence-corrected chi connectivity index (χ4v) is 3.62. The summed E-state index contributed by atoms with van der Waals surface area (Å²) < 4.78 is 24.3. The second-order valence-corrected chi connectivity index (χ2v) is 7.01. The Morgan fingerprint density at radius 1 is 1.29 bits per heavy atom. The van der Waals surface area contributed by atoms with Crippen molar-refractivity contribution in [2.75, 3.05) is 33.4 Å². The molecule has 0 radical (unpaired) electrons. The Morgan fingerprint density at radius 3 is 2.89 bits per heavy atom. The van der Waals surface area contributed by atoms with Crippen LogP contribution in [-0.2, 0) is 6.54 Å². The molecule has 5 nitrogen and oxygen atoms in total. The van der Waals surface area contributed by atoms with Crippen LogP contribution in [0.5, 0.6) is 11.5 Å². The number of carbonyl (C=O) groups is 1. The summed E-state index contributed by atoms with van der Waals surface area (Å²) in [5.41, 5.74) is 1.49. The van der Waals surface area contributed by atoms with Crippen LogP contribution in [0.15, 0.2) is 42.5 Å². The molecular weight excluding hydrogens is 361 g/mol. The summed E-state index contributed by atoms with van der Waals surface area (Å²) in [6.07, 6.45) is 1.73. The monoisotopic (exact) mass is 387 g/mol. The molecule has 1 saturated heterocycles. The van der Waals surface area contributed by atoms with Gasteiger partial charge in [-0.15, -0.1) is 0 Å². The van der Waals surface area contributed by atoms with Gasteiger partial charge in [0.25, 0.3) is 0 Å². The maximum atomic E-state index is 14.0. The topological polar surface area (TPSA) is 59.0 Å². The number of ketones is 1. The SMILES string of the molecule is COc1ccc(C(=O)[C@@H]2CCCN(Cc3cccc(OCCO)c3)C2)cc1F. The molecule has 0 spiro atoms. The first-order valence-electron chi connectivity index (χ1n) is 9.53. The summed E-state index contributed by atoms with van der Waals surface area (Å²) in [7, 11) is 1.41. The van der Waals surface area contributed by atoms with Gasteiger partial charge in [0.15, 0.2) is 17.3 Å². The molecule has 3 rings (SSSR count). The van der Waals surface area contributed by atoms with Crippen molar-refractivity contribution in [1.29, 1.82) is 0 Å². The van der Waals surface area contributed by atoms with Crippen molar-refractivity contribution in [3.63, 3.8) is 0 Å². The zero-order valence-electron chi connectivity index (χ0n) is 16.1. The number of carbonyl (C=O) groups excluding carboxylic acids is 1. The predicted octanol–water partition coefficient (Wildman–Crippen LogP) is 3.30. The van der Waals surface area contributed by atoms with E-state index in [0.29, 0.717) is 12.1 Å². The highest BCUT2D eigenvalue weighted by atomic mass is 19.1. The summed E-state index contributed by atoms with van der Waals surface area (Å²) in [6.45, 7) is 2.53. The van der Waals surface area contributed by atoms with E-state index in [4.69, 9.17) is 14.6 Å². The van der Waals surface area contributed by atoms with Crippen LogP contribution >= 0.6 is 0 Å². The first-order chi connectivity index (χ1) is 13.6. The zero-order valence-corrected chi connectivity index (χ0v) is 16.1. The molecule has 0 aliphatic carbocycles. The number of rotatable bonds is 8. The summed E-state index contributed by atoms with van der Waals surface area (Å²) in [5, 5.41) is 8.88. The first kappa shape index (κ1) is 20.3. The number of nitrogens with zero attached hydrogens (tertiary/aromatic N) is 1. The van der Waals surface area contributed by atoms with Crippen LogP contribution in [0.4, 0.5) is 4.39 Å². The van der Waals surface area contributed by atoms with E-state index in [2.05, 4.69) is 4.90 Å². The van der Waals surface area contributed by atoms with Gasteiger partial charge in [-0.3, -0.25) is 9.69 Å². The van der Waals surface area contributed by atoms with E-state index in [9.17, 15) is 9.18 Å². The van der Waals surface area contributed by atoms with Crippen LogP contribution in [0.1, 0.15) is 28.8 Å². The molecule has 0 aromatic heterocycles. The third-order valence-electron chi connectivity index (χ3n) is 4.98. The number of aliphatic hydroxyl groups excluding tert-OH is 1. The summed E-state index contributed by atoms with van der Waals surface area (Å²) in [6, 6.07) is 12.2. The Labute approximate surface area is 164 Å². The maximum Gasteiger partial charge on any atom is 0.167 e. The highest BCUT2D eigenvalue weighted by molar-refractivity contribution is 5.98. The number of ether oxygens (including phenoxy) is 2. The van der Waals surface area contributed by atoms with E-state index >= 15 is 0 Å². The van der Waals surface area contributed by atoms with Gasteiger partial charge < -0.3 is 14.6 Å². The molecule has 0 amide bonds. The van der Waals surface area contributed by atoms with Crippen LogP contribution in [0.25, 0.3) is 0 Å². The second kappa shape index (κ2) is 9.66. The van der Waals surface area contributed by atoms with E-state index in [0.717, 1.165) is 37.2 Å². The van der Waals surface area contributed by atoms with Crippen LogP contribution in [0.3, 0.4) is 0 Å². The Kier molecular flexibility index (Phi) is 7.01. The van der Waals surface area contributed by atoms with E-state index in [1.165, 1.54) is 19.2 Å². The Bertz CT molecular complexity index is 811. The van der Waals surface area contributed by atoms with Gasteiger partial charge in [0.05, 0.1) is 13.7 Å². The second-order valence-electron chi connectivity index (χ2n) is 7.01. The van der Waals surface area contributed by atoms with E-state index in [1.807, 2.05) is 24.3 Å². The minimum atomic E-state index is -0.513. The number of hydrogen-bond donors (Lipinski definition) is 1. The number of methoxy groups -OCH3 is 1. The zero-order chi connectivity index (χ0) is 19.9. The normalized spacial score (nSPS) is 17.3. The molecule has 1 N–H and O–H groups in total. The number of piperidine rings is 1.